The molecule has 0 unspecified atom stereocenters. The number of likely N-dealkylation sites (tertiary alicyclic amines) is 1. The van der Waals surface area contributed by atoms with Gasteiger partial charge in [0.25, 0.3) is 0 Å². The van der Waals surface area contributed by atoms with E-state index in [0.29, 0.717) is 30.9 Å². The molecule has 2 aliphatic heterocycles. The Bertz CT molecular complexity index is 390. The zero-order chi connectivity index (χ0) is 17.0. The van der Waals surface area contributed by atoms with Gasteiger partial charge in [0.05, 0.1) is 19.8 Å². The van der Waals surface area contributed by atoms with Crippen LogP contribution in [0.1, 0.15) is 34.1 Å². The Morgan fingerprint density at radius 2 is 1.96 bits per heavy atom. The minimum absolute atomic E-state index is 0.153. The van der Waals surface area contributed by atoms with Gasteiger partial charge >= 0.3 is 0 Å². The number of aliphatic hydroxyl groups excluding tert-OH is 1. The molecule has 5 nitrogen and oxygen atoms in total. The number of ether oxygens (including phenoxy) is 1. The van der Waals surface area contributed by atoms with Crippen molar-refractivity contribution in [3.63, 3.8) is 0 Å². The standard InChI is InChI=1S/C18H34N2O3/c1-14(2)7-20(8-15(3)4)17(22)10-19-9-16-5-6-23-13-18(16,11-19)12-21/h14-16,21H,5-13H2,1-4H3/t16-,18+/m0/s1. The Labute approximate surface area is 141 Å². The number of fused-ring (bicyclic) bond motifs is 1. The Kier molecular flexibility index (Phi) is 6.46. The van der Waals surface area contributed by atoms with Gasteiger partial charge in [0.1, 0.15) is 0 Å². The van der Waals surface area contributed by atoms with Gasteiger partial charge in [0.2, 0.25) is 5.91 Å². The molecule has 23 heavy (non-hydrogen) atoms. The van der Waals surface area contributed by atoms with E-state index in [1.165, 1.54) is 0 Å². The molecule has 0 saturated carbocycles. The summed E-state index contributed by atoms with van der Waals surface area (Å²) in [6.07, 6.45) is 0.993. The van der Waals surface area contributed by atoms with Crippen LogP contribution in [-0.2, 0) is 9.53 Å². The summed E-state index contributed by atoms with van der Waals surface area (Å²) in [7, 11) is 0. The molecule has 2 atom stereocenters. The first-order valence-electron chi connectivity index (χ1n) is 9.05. The highest BCUT2D eigenvalue weighted by molar-refractivity contribution is 5.78. The van der Waals surface area contributed by atoms with Crippen molar-refractivity contribution in [2.75, 3.05) is 52.5 Å². The molecule has 1 amide bonds. The van der Waals surface area contributed by atoms with Crippen LogP contribution in [0.3, 0.4) is 0 Å². The van der Waals surface area contributed by atoms with E-state index >= 15 is 0 Å². The van der Waals surface area contributed by atoms with Crippen molar-refractivity contribution in [3.8, 4) is 0 Å². The number of aliphatic hydroxyl groups is 1. The zero-order valence-corrected chi connectivity index (χ0v) is 15.3. The van der Waals surface area contributed by atoms with Gasteiger partial charge in [-0.1, -0.05) is 27.7 Å². The molecular formula is C18H34N2O3. The van der Waals surface area contributed by atoms with Gasteiger partial charge in [-0.25, -0.2) is 0 Å². The van der Waals surface area contributed by atoms with Crippen LogP contribution >= 0.6 is 0 Å². The number of nitrogens with zero attached hydrogens (tertiary/aromatic N) is 2. The van der Waals surface area contributed by atoms with Crippen molar-refractivity contribution in [1.82, 2.24) is 9.80 Å². The molecule has 2 saturated heterocycles. The van der Waals surface area contributed by atoms with Crippen molar-refractivity contribution in [2.24, 2.45) is 23.2 Å². The molecule has 0 aromatic carbocycles. The fourth-order valence-corrected chi connectivity index (χ4v) is 4.00. The average Bonchev–Trinajstić information content (AvgIpc) is 2.84. The van der Waals surface area contributed by atoms with E-state index in [4.69, 9.17) is 4.74 Å². The summed E-state index contributed by atoms with van der Waals surface area (Å²) < 4.78 is 5.60. The van der Waals surface area contributed by atoms with Gasteiger partial charge < -0.3 is 14.7 Å². The van der Waals surface area contributed by atoms with Crippen LogP contribution < -0.4 is 0 Å². The maximum Gasteiger partial charge on any atom is 0.236 e. The molecule has 5 heteroatoms. The molecule has 1 N–H and O–H groups in total. The molecule has 0 bridgehead atoms. The maximum atomic E-state index is 12.8. The number of rotatable bonds is 7. The van der Waals surface area contributed by atoms with E-state index in [1.807, 2.05) is 4.90 Å². The zero-order valence-electron chi connectivity index (χ0n) is 15.3. The number of carbonyl (C=O) groups is 1. The van der Waals surface area contributed by atoms with Crippen LogP contribution in [-0.4, -0.2) is 73.4 Å². The lowest BCUT2D eigenvalue weighted by Gasteiger charge is -2.36. The highest BCUT2D eigenvalue weighted by atomic mass is 16.5. The fraction of sp³-hybridized carbons (Fsp3) is 0.944. The van der Waals surface area contributed by atoms with E-state index < -0.39 is 0 Å². The monoisotopic (exact) mass is 326 g/mol. The second-order valence-electron chi connectivity index (χ2n) is 8.31. The van der Waals surface area contributed by atoms with E-state index in [9.17, 15) is 9.90 Å². The molecule has 0 aliphatic carbocycles. The lowest BCUT2D eigenvalue weighted by atomic mass is 9.76. The molecule has 134 valence electrons. The molecule has 0 aromatic heterocycles. The van der Waals surface area contributed by atoms with Gasteiger partial charge in [0, 0.05) is 38.2 Å². The highest BCUT2D eigenvalue weighted by Gasteiger charge is 2.48. The third-order valence-corrected chi connectivity index (χ3v) is 5.08. The van der Waals surface area contributed by atoms with E-state index in [2.05, 4.69) is 32.6 Å². The predicted octanol–water partition coefficient (Wildman–Crippen LogP) is 1.46. The average molecular weight is 326 g/mol. The van der Waals surface area contributed by atoms with Crippen LogP contribution in [0.15, 0.2) is 0 Å². The summed E-state index contributed by atoms with van der Waals surface area (Å²) in [5, 5.41) is 9.85. The van der Waals surface area contributed by atoms with Crippen LogP contribution in [0.5, 0.6) is 0 Å². The first-order valence-corrected chi connectivity index (χ1v) is 9.05. The SMILES string of the molecule is CC(C)CN(CC(C)C)C(=O)CN1C[C@@H]2CCOC[C@]2(CO)C1. The molecule has 2 heterocycles. The van der Waals surface area contributed by atoms with Crippen molar-refractivity contribution < 1.29 is 14.6 Å². The van der Waals surface area contributed by atoms with Crippen LogP contribution in [0, 0.1) is 23.2 Å². The van der Waals surface area contributed by atoms with Gasteiger partial charge in [0.15, 0.2) is 0 Å². The summed E-state index contributed by atoms with van der Waals surface area (Å²) in [5.41, 5.74) is -0.153. The van der Waals surface area contributed by atoms with E-state index in [0.717, 1.165) is 39.2 Å². The van der Waals surface area contributed by atoms with Crippen LogP contribution in [0.4, 0.5) is 0 Å². The molecule has 0 spiro atoms. The maximum absolute atomic E-state index is 12.8. The Morgan fingerprint density at radius 1 is 1.30 bits per heavy atom. The number of hydrogen-bond donors (Lipinski definition) is 1. The Balaban J connectivity index is 1.96. The second kappa shape index (κ2) is 7.95. The van der Waals surface area contributed by atoms with Gasteiger partial charge in [-0.15, -0.1) is 0 Å². The molecule has 0 radical (unpaired) electrons. The smallest absolute Gasteiger partial charge is 0.236 e. The first kappa shape index (κ1) is 18.7. The van der Waals surface area contributed by atoms with Crippen LogP contribution in [0.25, 0.3) is 0 Å². The first-order chi connectivity index (χ1) is 10.9. The lowest BCUT2D eigenvalue weighted by Crippen LogP contribution is -2.45. The predicted molar refractivity (Wildman–Crippen MR) is 91.1 cm³/mol. The van der Waals surface area contributed by atoms with Crippen molar-refractivity contribution in [1.29, 1.82) is 0 Å². The number of hydrogen-bond acceptors (Lipinski definition) is 4. The lowest BCUT2D eigenvalue weighted by molar-refractivity contribution is -0.133. The topological polar surface area (TPSA) is 53.0 Å². The van der Waals surface area contributed by atoms with Gasteiger partial charge in [-0.2, -0.15) is 0 Å². The Hall–Kier alpha value is -0.650. The highest BCUT2D eigenvalue weighted by Crippen LogP contribution is 2.40. The summed E-state index contributed by atoms with van der Waals surface area (Å²) in [6.45, 7) is 14.0. The molecule has 2 rings (SSSR count). The number of carbonyl (C=O) groups excluding carboxylic acids is 1. The summed E-state index contributed by atoms with van der Waals surface area (Å²) in [6, 6.07) is 0. The van der Waals surface area contributed by atoms with Gasteiger partial charge in [-0.05, 0) is 24.2 Å². The summed E-state index contributed by atoms with van der Waals surface area (Å²) >= 11 is 0. The third-order valence-electron chi connectivity index (χ3n) is 5.08. The minimum atomic E-state index is -0.153. The largest absolute Gasteiger partial charge is 0.396 e. The fourth-order valence-electron chi connectivity index (χ4n) is 4.00. The molecule has 2 aliphatic rings. The van der Waals surface area contributed by atoms with Crippen molar-refractivity contribution in [2.45, 2.75) is 34.1 Å². The van der Waals surface area contributed by atoms with Crippen molar-refractivity contribution in [3.05, 3.63) is 0 Å². The minimum Gasteiger partial charge on any atom is -0.396 e. The Morgan fingerprint density at radius 3 is 2.48 bits per heavy atom. The second-order valence-corrected chi connectivity index (χ2v) is 8.31. The number of amides is 1. The normalized spacial score (nSPS) is 28.4. The molecule has 2 fully saturated rings. The van der Waals surface area contributed by atoms with E-state index in [-0.39, 0.29) is 17.9 Å². The van der Waals surface area contributed by atoms with Crippen molar-refractivity contribution >= 4 is 5.91 Å². The summed E-state index contributed by atoms with van der Waals surface area (Å²) in [5.74, 6) is 1.64. The third kappa shape index (κ3) is 4.68. The van der Waals surface area contributed by atoms with Gasteiger partial charge in [-0.3, -0.25) is 9.69 Å². The quantitative estimate of drug-likeness (QED) is 0.769. The van der Waals surface area contributed by atoms with E-state index in [1.54, 1.807) is 0 Å². The molecular weight excluding hydrogens is 292 g/mol. The molecule has 0 aromatic rings. The summed E-state index contributed by atoms with van der Waals surface area (Å²) in [4.78, 5) is 17.0. The van der Waals surface area contributed by atoms with Crippen LogP contribution in [0.2, 0.25) is 0 Å².